The van der Waals surface area contributed by atoms with Crippen LogP contribution in [0, 0.1) is 0 Å². The van der Waals surface area contributed by atoms with Crippen LogP contribution in [0.3, 0.4) is 0 Å². The first-order chi connectivity index (χ1) is 11.9. The van der Waals surface area contributed by atoms with Gasteiger partial charge >= 0.3 is 6.18 Å². The summed E-state index contributed by atoms with van der Waals surface area (Å²) in [5.74, 6) is -0.0308. The van der Waals surface area contributed by atoms with Gasteiger partial charge in [-0.3, -0.25) is 4.79 Å². The van der Waals surface area contributed by atoms with E-state index in [9.17, 15) is 18.0 Å². The first-order valence-corrected chi connectivity index (χ1v) is 8.20. The zero-order chi connectivity index (χ0) is 18.0. The van der Waals surface area contributed by atoms with Gasteiger partial charge in [0.25, 0.3) is 0 Å². The predicted octanol–water partition coefficient (Wildman–Crippen LogP) is 4.29. The molecule has 1 unspecified atom stereocenters. The van der Waals surface area contributed by atoms with Gasteiger partial charge in [-0.25, -0.2) is 0 Å². The van der Waals surface area contributed by atoms with Crippen LogP contribution in [0.5, 0.6) is 0 Å². The van der Waals surface area contributed by atoms with Gasteiger partial charge in [-0.2, -0.15) is 13.2 Å². The SMILES string of the molecule is CCC(=O)NC1Cc2ccccc2N(c2ccc(C(F)(F)F)cc2)C1. The van der Waals surface area contributed by atoms with Crippen molar-refractivity contribution >= 4 is 17.3 Å². The third kappa shape index (κ3) is 3.78. The monoisotopic (exact) mass is 348 g/mol. The highest BCUT2D eigenvalue weighted by atomic mass is 19.4. The molecule has 1 amide bonds. The highest BCUT2D eigenvalue weighted by molar-refractivity contribution is 5.77. The molecule has 132 valence electrons. The number of hydrogen-bond donors (Lipinski definition) is 1. The van der Waals surface area contributed by atoms with Crippen molar-refractivity contribution in [2.24, 2.45) is 0 Å². The van der Waals surface area contributed by atoms with Crippen molar-refractivity contribution in [2.75, 3.05) is 11.4 Å². The van der Waals surface area contributed by atoms with E-state index >= 15 is 0 Å². The van der Waals surface area contributed by atoms with Crippen LogP contribution in [0.1, 0.15) is 24.5 Å². The maximum Gasteiger partial charge on any atom is 0.416 e. The summed E-state index contributed by atoms with van der Waals surface area (Å²) in [6, 6.07) is 12.8. The summed E-state index contributed by atoms with van der Waals surface area (Å²) >= 11 is 0. The van der Waals surface area contributed by atoms with Crippen molar-refractivity contribution in [1.82, 2.24) is 5.32 Å². The molecule has 0 aliphatic carbocycles. The Labute approximate surface area is 144 Å². The van der Waals surface area contributed by atoms with Crippen molar-refractivity contribution in [2.45, 2.75) is 32.0 Å². The fourth-order valence-corrected chi connectivity index (χ4v) is 3.10. The van der Waals surface area contributed by atoms with Gasteiger partial charge in [0, 0.05) is 24.3 Å². The van der Waals surface area contributed by atoms with Crippen LogP contribution < -0.4 is 10.2 Å². The molecule has 0 saturated heterocycles. The normalized spacial score (nSPS) is 17.1. The van der Waals surface area contributed by atoms with E-state index in [0.717, 1.165) is 23.4 Å². The second kappa shape index (κ2) is 6.78. The van der Waals surface area contributed by atoms with Gasteiger partial charge in [-0.15, -0.1) is 0 Å². The molecule has 1 aliphatic rings. The van der Waals surface area contributed by atoms with Crippen molar-refractivity contribution in [3.63, 3.8) is 0 Å². The zero-order valence-electron chi connectivity index (χ0n) is 13.8. The van der Waals surface area contributed by atoms with Gasteiger partial charge in [0.1, 0.15) is 0 Å². The average molecular weight is 348 g/mol. The molecule has 0 radical (unpaired) electrons. The van der Waals surface area contributed by atoms with Crippen LogP contribution in [0.25, 0.3) is 0 Å². The largest absolute Gasteiger partial charge is 0.416 e. The molecule has 2 aromatic rings. The fraction of sp³-hybridized carbons (Fsp3) is 0.316. The fourth-order valence-electron chi connectivity index (χ4n) is 3.10. The predicted molar refractivity (Wildman–Crippen MR) is 90.8 cm³/mol. The van der Waals surface area contributed by atoms with Crippen molar-refractivity contribution in [3.05, 3.63) is 59.7 Å². The van der Waals surface area contributed by atoms with E-state index in [4.69, 9.17) is 0 Å². The van der Waals surface area contributed by atoms with Gasteiger partial charge in [-0.05, 0) is 42.3 Å². The number of para-hydroxylation sites is 1. The van der Waals surface area contributed by atoms with E-state index in [-0.39, 0.29) is 11.9 Å². The van der Waals surface area contributed by atoms with Gasteiger partial charge < -0.3 is 10.2 Å². The van der Waals surface area contributed by atoms with Crippen LogP contribution in [-0.2, 0) is 17.4 Å². The lowest BCUT2D eigenvalue weighted by Gasteiger charge is -2.36. The van der Waals surface area contributed by atoms with Crippen molar-refractivity contribution < 1.29 is 18.0 Å². The number of alkyl halides is 3. The lowest BCUT2D eigenvalue weighted by Crippen LogP contribution is -2.46. The lowest BCUT2D eigenvalue weighted by atomic mass is 9.97. The Morgan fingerprint density at radius 1 is 1.16 bits per heavy atom. The van der Waals surface area contributed by atoms with Gasteiger partial charge in [0.15, 0.2) is 0 Å². The number of fused-ring (bicyclic) bond motifs is 1. The molecular weight excluding hydrogens is 329 g/mol. The Morgan fingerprint density at radius 2 is 1.84 bits per heavy atom. The minimum Gasteiger partial charge on any atom is -0.351 e. The molecule has 1 N–H and O–H groups in total. The minimum atomic E-state index is -4.35. The molecule has 0 spiro atoms. The van der Waals surface area contributed by atoms with E-state index in [1.54, 1.807) is 6.92 Å². The third-order valence-electron chi connectivity index (χ3n) is 4.34. The second-order valence-corrected chi connectivity index (χ2v) is 6.11. The van der Waals surface area contributed by atoms with Crippen molar-refractivity contribution in [3.8, 4) is 0 Å². The summed E-state index contributed by atoms with van der Waals surface area (Å²) < 4.78 is 38.4. The van der Waals surface area contributed by atoms with Crippen LogP contribution in [-0.4, -0.2) is 18.5 Å². The molecule has 3 rings (SSSR count). The molecule has 3 nitrogen and oxygen atoms in total. The first-order valence-electron chi connectivity index (χ1n) is 8.20. The van der Waals surface area contributed by atoms with Crippen molar-refractivity contribution in [1.29, 1.82) is 0 Å². The molecule has 6 heteroatoms. The first kappa shape index (κ1) is 17.3. The molecule has 1 atom stereocenters. The number of carbonyl (C=O) groups is 1. The molecular formula is C19H19F3N2O. The number of rotatable bonds is 3. The van der Waals surface area contributed by atoms with Gasteiger partial charge in [-0.1, -0.05) is 25.1 Å². The quantitative estimate of drug-likeness (QED) is 0.897. The highest BCUT2D eigenvalue weighted by Gasteiger charge is 2.31. The van der Waals surface area contributed by atoms with Gasteiger partial charge in [0.2, 0.25) is 5.91 Å². The molecule has 0 bridgehead atoms. The Morgan fingerprint density at radius 3 is 2.48 bits per heavy atom. The smallest absolute Gasteiger partial charge is 0.351 e. The summed E-state index contributed by atoms with van der Waals surface area (Å²) in [7, 11) is 0. The molecule has 0 fully saturated rings. The average Bonchev–Trinajstić information content (AvgIpc) is 2.60. The summed E-state index contributed by atoms with van der Waals surface area (Å²) in [4.78, 5) is 13.7. The van der Waals surface area contributed by atoms with E-state index in [2.05, 4.69) is 5.32 Å². The molecule has 25 heavy (non-hydrogen) atoms. The van der Waals surface area contributed by atoms with Crippen LogP contribution >= 0.6 is 0 Å². The molecule has 0 aromatic heterocycles. The molecule has 0 saturated carbocycles. The van der Waals surface area contributed by atoms with Crippen LogP contribution in [0.15, 0.2) is 48.5 Å². The minimum absolute atomic E-state index is 0.0308. The number of anilines is 2. The summed E-state index contributed by atoms with van der Waals surface area (Å²) in [6.45, 7) is 2.31. The number of nitrogens with zero attached hydrogens (tertiary/aromatic N) is 1. The highest BCUT2D eigenvalue weighted by Crippen LogP contribution is 2.35. The summed E-state index contributed by atoms with van der Waals surface area (Å²) in [6.07, 6.45) is -3.24. The summed E-state index contributed by atoms with van der Waals surface area (Å²) in [5, 5.41) is 2.98. The summed E-state index contributed by atoms with van der Waals surface area (Å²) in [5.41, 5.74) is 2.03. The van der Waals surface area contributed by atoms with Crippen LogP contribution in [0.2, 0.25) is 0 Å². The number of amides is 1. The van der Waals surface area contributed by atoms with E-state index in [1.807, 2.05) is 29.2 Å². The number of benzene rings is 2. The van der Waals surface area contributed by atoms with Crippen LogP contribution in [0.4, 0.5) is 24.5 Å². The standard InChI is InChI=1S/C19H19F3N2O/c1-2-18(25)23-15-11-13-5-3-4-6-17(13)24(12-15)16-9-7-14(8-10-16)19(20,21)22/h3-10,15H,2,11-12H2,1H3,(H,23,25). The second-order valence-electron chi connectivity index (χ2n) is 6.11. The third-order valence-corrected chi connectivity index (χ3v) is 4.34. The topological polar surface area (TPSA) is 32.3 Å². The Hall–Kier alpha value is -2.50. The molecule has 1 heterocycles. The Balaban J connectivity index is 1.92. The number of halogens is 3. The molecule has 1 aliphatic heterocycles. The zero-order valence-corrected chi connectivity index (χ0v) is 13.8. The van der Waals surface area contributed by atoms with E-state index in [1.165, 1.54) is 12.1 Å². The Kier molecular flexibility index (Phi) is 4.70. The van der Waals surface area contributed by atoms with Gasteiger partial charge in [0.05, 0.1) is 11.6 Å². The maximum atomic E-state index is 12.8. The molecule has 2 aromatic carbocycles. The number of nitrogens with one attached hydrogen (secondary N) is 1. The lowest BCUT2D eigenvalue weighted by molar-refractivity contribution is -0.137. The maximum absolute atomic E-state index is 12.8. The van der Waals surface area contributed by atoms with E-state index in [0.29, 0.717) is 25.1 Å². The number of carbonyl (C=O) groups excluding carboxylic acids is 1. The Bertz CT molecular complexity index is 756. The number of hydrogen-bond acceptors (Lipinski definition) is 2. The van der Waals surface area contributed by atoms with E-state index < -0.39 is 11.7 Å².